The predicted octanol–water partition coefficient (Wildman–Crippen LogP) is 21.4. The maximum Gasteiger partial charge on any atom is 0.305 e. The number of rotatable bonds is 64. The summed E-state index contributed by atoms with van der Waals surface area (Å²) in [6.07, 6.45) is 75.6. The van der Waals surface area contributed by atoms with Crippen LogP contribution in [0.2, 0.25) is 0 Å². The normalized spacial score (nSPS) is 12.4. The summed E-state index contributed by atoms with van der Waals surface area (Å²) in [5.74, 6) is -0.0172. The summed E-state index contributed by atoms with van der Waals surface area (Å²) < 4.78 is 5.47. The van der Waals surface area contributed by atoms with E-state index >= 15 is 0 Å². The first kappa shape index (κ1) is 71.9. The van der Waals surface area contributed by atoms with Gasteiger partial charge in [0.1, 0.15) is 0 Å². The lowest BCUT2D eigenvalue weighted by Crippen LogP contribution is -2.45. The highest BCUT2D eigenvalue weighted by Crippen LogP contribution is 2.19. The number of hydrogen-bond donors (Lipinski definition) is 3. The standard InChI is InChI=1S/C67H133NO5/c1-3-5-7-9-11-13-15-16-17-18-19-20-21-22-24-27-30-33-36-40-43-47-51-55-59-65(70)64(63-69)68-66(71)60-56-52-48-44-41-37-34-31-28-25-23-26-29-32-35-38-42-46-50-54-58-62-73-67(72)61-57-53-49-45-39-14-12-10-8-6-4-2/h64-65,69-70H,3-63H2,1-2H3,(H,68,71). The Balaban J connectivity index is 3.38. The molecule has 0 aromatic heterocycles. The molecule has 2 unspecified atom stereocenters. The van der Waals surface area contributed by atoms with Crippen molar-refractivity contribution in [1.29, 1.82) is 0 Å². The molecule has 2 atom stereocenters. The van der Waals surface area contributed by atoms with Crippen LogP contribution in [0.5, 0.6) is 0 Å². The van der Waals surface area contributed by atoms with E-state index in [4.69, 9.17) is 4.74 Å². The average molecular weight is 1030 g/mol. The third kappa shape index (κ3) is 60.0. The SMILES string of the molecule is CCCCCCCCCCCCCCCCCCCCCCCCCCC(O)C(CO)NC(=O)CCCCCCCCCCCCCCCCCCCCCCCOC(=O)CCCCCCCCCCCCC. The number of aliphatic hydroxyl groups is 2. The Morgan fingerprint density at radius 1 is 0.329 bits per heavy atom. The molecule has 3 N–H and O–H groups in total. The predicted molar refractivity (Wildman–Crippen MR) is 320 cm³/mol. The van der Waals surface area contributed by atoms with Crippen LogP contribution in [-0.2, 0) is 14.3 Å². The molecule has 0 saturated heterocycles. The topological polar surface area (TPSA) is 95.9 Å². The van der Waals surface area contributed by atoms with Gasteiger partial charge in [0, 0.05) is 12.8 Å². The minimum Gasteiger partial charge on any atom is -0.466 e. The van der Waals surface area contributed by atoms with E-state index in [2.05, 4.69) is 19.2 Å². The van der Waals surface area contributed by atoms with Gasteiger partial charge in [-0.05, 0) is 25.7 Å². The quantitative estimate of drug-likeness (QED) is 0.0417. The van der Waals surface area contributed by atoms with Gasteiger partial charge in [-0.15, -0.1) is 0 Å². The van der Waals surface area contributed by atoms with Crippen molar-refractivity contribution in [2.45, 2.75) is 405 Å². The van der Waals surface area contributed by atoms with Crippen molar-refractivity contribution >= 4 is 11.9 Å². The number of nitrogens with one attached hydrogen (secondary N) is 1. The van der Waals surface area contributed by atoms with Crippen LogP contribution in [0.25, 0.3) is 0 Å². The molecule has 436 valence electrons. The van der Waals surface area contributed by atoms with Gasteiger partial charge in [0.05, 0.1) is 25.4 Å². The number of esters is 1. The first-order valence-electron chi connectivity index (χ1n) is 33.8. The fourth-order valence-corrected chi connectivity index (χ4v) is 11.0. The summed E-state index contributed by atoms with van der Waals surface area (Å²) in [5.41, 5.74) is 0. The Bertz CT molecular complexity index is 1050. The van der Waals surface area contributed by atoms with Crippen molar-refractivity contribution in [1.82, 2.24) is 5.32 Å². The second kappa shape index (κ2) is 63.4. The Morgan fingerprint density at radius 2 is 0.562 bits per heavy atom. The maximum absolute atomic E-state index is 12.5. The zero-order chi connectivity index (χ0) is 52.9. The summed E-state index contributed by atoms with van der Waals surface area (Å²) in [5, 5.41) is 23.4. The van der Waals surface area contributed by atoms with E-state index in [1.54, 1.807) is 0 Å². The molecule has 0 aromatic carbocycles. The van der Waals surface area contributed by atoms with E-state index in [1.807, 2.05) is 0 Å². The molecule has 0 heterocycles. The third-order valence-electron chi connectivity index (χ3n) is 16.2. The number of amides is 1. The highest BCUT2D eigenvalue weighted by Gasteiger charge is 2.20. The number of carbonyl (C=O) groups is 2. The summed E-state index contributed by atoms with van der Waals surface area (Å²) in [6.45, 7) is 4.99. The van der Waals surface area contributed by atoms with Crippen LogP contribution in [0.4, 0.5) is 0 Å². The van der Waals surface area contributed by atoms with Crippen LogP contribution in [0.1, 0.15) is 393 Å². The number of ether oxygens (including phenoxy) is 1. The molecule has 6 heteroatoms. The number of carbonyl (C=O) groups excluding carboxylic acids is 2. The Hall–Kier alpha value is -1.14. The van der Waals surface area contributed by atoms with Crippen molar-refractivity contribution in [3.63, 3.8) is 0 Å². The number of hydrogen-bond acceptors (Lipinski definition) is 5. The van der Waals surface area contributed by atoms with Crippen LogP contribution in [0.3, 0.4) is 0 Å². The van der Waals surface area contributed by atoms with E-state index in [0.717, 1.165) is 38.5 Å². The zero-order valence-corrected chi connectivity index (χ0v) is 49.9. The van der Waals surface area contributed by atoms with Gasteiger partial charge in [-0.1, -0.05) is 354 Å². The summed E-state index contributed by atoms with van der Waals surface area (Å²) in [4.78, 5) is 24.6. The van der Waals surface area contributed by atoms with Gasteiger partial charge in [-0.2, -0.15) is 0 Å². The van der Waals surface area contributed by atoms with Gasteiger partial charge >= 0.3 is 5.97 Å². The van der Waals surface area contributed by atoms with Crippen LogP contribution in [-0.4, -0.2) is 47.4 Å². The van der Waals surface area contributed by atoms with Crippen LogP contribution in [0.15, 0.2) is 0 Å². The molecule has 0 bridgehead atoms. The molecule has 1 amide bonds. The van der Waals surface area contributed by atoms with Crippen molar-refractivity contribution in [3.05, 3.63) is 0 Å². The van der Waals surface area contributed by atoms with E-state index in [0.29, 0.717) is 25.9 Å². The molecule has 0 saturated carbocycles. The zero-order valence-electron chi connectivity index (χ0n) is 49.9. The highest BCUT2D eigenvalue weighted by molar-refractivity contribution is 5.76. The summed E-state index contributed by atoms with van der Waals surface area (Å²) in [7, 11) is 0. The Morgan fingerprint density at radius 3 is 0.836 bits per heavy atom. The van der Waals surface area contributed by atoms with Crippen LogP contribution < -0.4 is 5.32 Å². The molecule has 73 heavy (non-hydrogen) atoms. The van der Waals surface area contributed by atoms with E-state index < -0.39 is 12.1 Å². The van der Waals surface area contributed by atoms with Crippen molar-refractivity contribution in [2.24, 2.45) is 0 Å². The third-order valence-corrected chi connectivity index (χ3v) is 16.2. The molecule has 0 fully saturated rings. The van der Waals surface area contributed by atoms with Gasteiger partial charge < -0.3 is 20.3 Å². The molecule has 0 aliphatic carbocycles. The summed E-state index contributed by atoms with van der Waals surface area (Å²) >= 11 is 0. The van der Waals surface area contributed by atoms with Gasteiger partial charge in [0.2, 0.25) is 5.91 Å². The second-order valence-corrected chi connectivity index (χ2v) is 23.5. The lowest BCUT2D eigenvalue weighted by atomic mass is 10.0. The molecule has 6 nitrogen and oxygen atoms in total. The van der Waals surface area contributed by atoms with Gasteiger partial charge in [0.15, 0.2) is 0 Å². The molecular weight excluding hydrogens is 899 g/mol. The molecule has 0 radical (unpaired) electrons. The van der Waals surface area contributed by atoms with Gasteiger partial charge in [-0.25, -0.2) is 0 Å². The fourth-order valence-electron chi connectivity index (χ4n) is 11.0. The van der Waals surface area contributed by atoms with E-state index in [9.17, 15) is 19.8 Å². The molecule has 0 spiro atoms. The second-order valence-electron chi connectivity index (χ2n) is 23.5. The van der Waals surface area contributed by atoms with E-state index in [1.165, 1.54) is 321 Å². The first-order valence-corrected chi connectivity index (χ1v) is 33.8. The molecule has 0 rings (SSSR count). The number of unbranched alkanes of at least 4 members (excludes halogenated alkanes) is 53. The van der Waals surface area contributed by atoms with Gasteiger partial charge in [0.25, 0.3) is 0 Å². The van der Waals surface area contributed by atoms with Crippen LogP contribution in [0, 0.1) is 0 Å². The first-order chi connectivity index (χ1) is 36.0. The maximum atomic E-state index is 12.5. The van der Waals surface area contributed by atoms with Crippen molar-refractivity contribution in [2.75, 3.05) is 13.2 Å². The molecular formula is C67H133NO5. The molecule has 0 aliphatic rings. The minimum absolute atomic E-state index is 0.0131. The Labute approximate surface area is 457 Å². The lowest BCUT2D eigenvalue weighted by molar-refractivity contribution is -0.143. The van der Waals surface area contributed by atoms with Crippen molar-refractivity contribution in [3.8, 4) is 0 Å². The van der Waals surface area contributed by atoms with Gasteiger partial charge in [-0.3, -0.25) is 9.59 Å². The molecule has 0 aromatic rings. The fraction of sp³-hybridized carbons (Fsp3) is 0.970. The highest BCUT2D eigenvalue weighted by atomic mass is 16.5. The monoisotopic (exact) mass is 1030 g/mol. The average Bonchev–Trinajstić information content (AvgIpc) is 3.39. The largest absolute Gasteiger partial charge is 0.466 e. The molecule has 0 aliphatic heterocycles. The summed E-state index contributed by atoms with van der Waals surface area (Å²) in [6, 6.07) is -0.542. The number of aliphatic hydroxyl groups excluding tert-OH is 2. The van der Waals surface area contributed by atoms with Crippen LogP contribution >= 0.6 is 0 Å². The smallest absolute Gasteiger partial charge is 0.305 e. The minimum atomic E-state index is -0.665. The van der Waals surface area contributed by atoms with E-state index in [-0.39, 0.29) is 18.5 Å². The Kier molecular flexibility index (Phi) is 62.4. The lowest BCUT2D eigenvalue weighted by Gasteiger charge is -2.22. The van der Waals surface area contributed by atoms with Crippen molar-refractivity contribution < 1.29 is 24.5 Å².